The average molecular weight is 574 g/mol. The number of hydrogen-bond donors (Lipinski definition) is 2. The predicted molar refractivity (Wildman–Crippen MR) is 179 cm³/mol. The Balaban J connectivity index is 1.62. The number of amides is 1. The first-order valence-electron chi connectivity index (χ1n) is 13.8. The maximum absolute atomic E-state index is 15.0. The van der Waals surface area contributed by atoms with E-state index in [0.717, 1.165) is 0 Å². The van der Waals surface area contributed by atoms with Gasteiger partial charge in [0.25, 0.3) is 5.56 Å². The molecule has 2 aromatic heterocycles. The molecule has 0 bridgehead atoms. The minimum absolute atomic E-state index is 0.0572. The van der Waals surface area contributed by atoms with E-state index in [-0.39, 0.29) is 29.1 Å². The molecule has 1 aliphatic heterocycles. The lowest BCUT2D eigenvalue weighted by molar-refractivity contribution is -0.126. The van der Waals surface area contributed by atoms with Crippen molar-refractivity contribution in [3.05, 3.63) is 45.8 Å². The molecule has 3 aromatic rings. The highest BCUT2D eigenvalue weighted by molar-refractivity contribution is 6.61. The van der Waals surface area contributed by atoms with Gasteiger partial charge in [0.2, 0.25) is 11.9 Å². The van der Waals surface area contributed by atoms with E-state index in [1.165, 1.54) is 10.8 Å². The average Bonchev–Trinajstić information content (AvgIpc) is 2.86. The van der Waals surface area contributed by atoms with Crippen molar-refractivity contribution in [3.8, 4) is 5.75 Å². The first-order chi connectivity index (χ1) is 18.9. The third kappa shape index (κ3) is 6.58. The number of rotatable bonds is 7. The SMILES string of the molecule is BC(B)(B)NC(=O)C(B)(B)Oc1cc2cc(Nc3nc(N4C[C@@H](C)C(B)(F)[C@@H](C)C4)ncc3Cl)ccc2n(C)c1=O. The fourth-order valence-electron chi connectivity index (χ4n) is 4.89. The number of aryl methyl sites for hydroxylation is 1. The molecule has 210 valence electrons. The maximum atomic E-state index is 15.0. The zero-order valence-corrected chi connectivity index (χ0v) is 26.0. The summed E-state index contributed by atoms with van der Waals surface area (Å²) in [5.41, 5.74) is -0.253. The van der Waals surface area contributed by atoms with Gasteiger partial charge in [0.15, 0.2) is 35.1 Å². The molecular formula is C24H34B6ClFN6O3. The third-order valence-corrected chi connectivity index (χ3v) is 8.06. The molecule has 1 fully saturated rings. The number of alkyl halides is 1. The van der Waals surface area contributed by atoms with Crippen LogP contribution >= 0.6 is 11.6 Å². The molecule has 0 radical (unpaired) electrons. The van der Waals surface area contributed by atoms with E-state index in [1.807, 2.05) is 60.5 Å². The molecule has 4 rings (SSSR count). The van der Waals surface area contributed by atoms with Crippen LogP contribution in [-0.2, 0) is 11.8 Å². The highest BCUT2D eigenvalue weighted by Gasteiger charge is 2.43. The van der Waals surface area contributed by atoms with Gasteiger partial charge in [-0.1, -0.05) is 25.4 Å². The Labute approximate surface area is 250 Å². The van der Waals surface area contributed by atoms with E-state index in [4.69, 9.17) is 16.3 Å². The smallest absolute Gasteiger partial charge is 0.293 e. The number of hydrogen-bond acceptors (Lipinski definition) is 7. The Hall–Kier alpha value is -3.01. The molecule has 3 atom stereocenters. The van der Waals surface area contributed by atoms with Crippen molar-refractivity contribution in [1.82, 2.24) is 19.9 Å². The van der Waals surface area contributed by atoms with Crippen LogP contribution in [0.15, 0.2) is 35.3 Å². The Morgan fingerprint density at radius 3 is 2.41 bits per heavy atom. The third-order valence-electron chi connectivity index (χ3n) is 7.78. The number of benzene rings is 1. The van der Waals surface area contributed by atoms with Crippen LogP contribution < -0.4 is 25.8 Å². The second-order valence-corrected chi connectivity index (χ2v) is 13.2. The maximum Gasteiger partial charge on any atom is 0.293 e. The van der Waals surface area contributed by atoms with Crippen molar-refractivity contribution in [1.29, 1.82) is 0 Å². The number of pyridine rings is 1. The van der Waals surface area contributed by atoms with E-state index >= 15 is 4.39 Å². The van der Waals surface area contributed by atoms with Crippen molar-refractivity contribution in [2.75, 3.05) is 23.3 Å². The number of ether oxygens (including phenoxy) is 1. The number of aromatic nitrogens is 3. The summed E-state index contributed by atoms with van der Waals surface area (Å²) in [4.78, 5) is 37.0. The van der Waals surface area contributed by atoms with Crippen LogP contribution in [-0.4, -0.2) is 96.8 Å². The minimum Gasteiger partial charge on any atom is -0.491 e. The van der Waals surface area contributed by atoms with Crippen LogP contribution in [0.4, 0.5) is 21.8 Å². The van der Waals surface area contributed by atoms with Gasteiger partial charge < -0.3 is 24.8 Å². The summed E-state index contributed by atoms with van der Waals surface area (Å²) in [5, 5.41) is 5.47. The normalized spacial score (nSPS) is 21.4. The quantitative estimate of drug-likeness (QED) is 0.292. The lowest BCUT2D eigenvalue weighted by Gasteiger charge is -2.44. The minimum atomic E-state index is -1.28. The van der Waals surface area contributed by atoms with E-state index in [2.05, 4.69) is 20.6 Å². The number of carbonyl (C=O) groups is 1. The Kier molecular flexibility index (Phi) is 8.30. The summed E-state index contributed by atoms with van der Waals surface area (Å²) in [6.45, 7) is 4.79. The van der Waals surface area contributed by atoms with Crippen LogP contribution in [0, 0.1) is 11.8 Å². The van der Waals surface area contributed by atoms with Crippen LogP contribution in [0.3, 0.4) is 0 Å². The summed E-state index contributed by atoms with van der Waals surface area (Å²) in [6, 6.07) is 7.11. The summed E-state index contributed by atoms with van der Waals surface area (Å²) in [5.74, 6) is 0.240. The van der Waals surface area contributed by atoms with Gasteiger partial charge in [-0.25, -0.2) is 4.98 Å². The number of nitrogens with one attached hydrogen (secondary N) is 2. The van der Waals surface area contributed by atoms with Crippen LogP contribution in [0.25, 0.3) is 10.9 Å². The molecule has 0 aliphatic carbocycles. The van der Waals surface area contributed by atoms with Gasteiger partial charge in [0.1, 0.15) is 34.0 Å². The van der Waals surface area contributed by atoms with Crippen LogP contribution in [0.5, 0.6) is 5.75 Å². The molecule has 1 aliphatic rings. The molecule has 3 heterocycles. The number of nitrogens with zero attached hydrogens (tertiary/aromatic N) is 4. The number of halogens is 2. The lowest BCUT2D eigenvalue weighted by Crippen LogP contribution is -2.61. The largest absolute Gasteiger partial charge is 0.491 e. The fourth-order valence-corrected chi connectivity index (χ4v) is 5.03. The molecule has 0 spiro atoms. The van der Waals surface area contributed by atoms with E-state index in [1.54, 1.807) is 36.7 Å². The van der Waals surface area contributed by atoms with Gasteiger partial charge in [-0.05, 0) is 41.3 Å². The highest BCUT2D eigenvalue weighted by Crippen LogP contribution is 2.35. The fraction of sp³-hybridized carbons (Fsp3) is 0.417. The number of carbonyl (C=O) groups excluding carboxylic acids is 1. The Morgan fingerprint density at radius 2 is 1.80 bits per heavy atom. The summed E-state index contributed by atoms with van der Waals surface area (Å²) in [7, 11) is 12.2. The molecule has 1 unspecified atom stereocenters. The van der Waals surface area contributed by atoms with Gasteiger partial charge in [-0.3, -0.25) is 14.0 Å². The second-order valence-electron chi connectivity index (χ2n) is 12.8. The first kappa shape index (κ1) is 30.9. The van der Waals surface area contributed by atoms with Gasteiger partial charge in [0.05, 0.1) is 17.3 Å². The second kappa shape index (κ2) is 11.0. The Bertz CT molecular complexity index is 1540. The van der Waals surface area contributed by atoms with E-state index in [0.29, 0.717) is 46.5 Å². The van der Waals surface area contributed by atoms with Crippen LogP contribution in [0.1, 0.15) is 13.8 Å². The first-order valence-corrected chi connectivity index (χ1v) is 14.2. The zero-order chi connectivity index (χ0) is 30.5. The van der Waals surface area contributed by atoms with E-state index in [9.17, 15) is 9.59 Å². The molecule has 1 saturated heterocycles. The summed E-state index contributed by atoms with van der Waals surface area (Å²) < 4.78 is 22.5. The van der Waals surface area contributed by atoms with Gasteiger partial charge in [-0.2, -0.15) is 4.98 Å². The lowest BCUT2D eigenvalue weighted by atomic mass is 9.49. The molecular weight excluding hydrogens is 540 g/mol. The van der Waals surface area contributed by atoms with Crippen molar-refractivity contribution < 1.29 is 13.9 Å². The Morgan fingerprint density at radius 1 is 1.17 bits per heavy atom. The molecule has 1 amide bonds. The van der Waals surface area contributed by atoms with Crippen molar-refractivity contribution in [3.63, 3.8) is 0 Å². The number of fused-ring (bicyclic) bond motifs is 1. The molecule has 2 N–H and O–H groups in total. The molecule has 17 heteroatoms. The van der Waals surface area contributed by atoms with Crippen molar-refractivity contribution in [2.45, 2.75) is 30.1 Å². The standard InChI is InChI=1S/C24H34B6ClFN6O3/c1-11-9-38(10-12(2)22(11,25)32)21-33-8-15(31)18(35-21)34-14-4-5-16-13(6-14)7-17(19(39)37(16)3)41-23(26,27)20(40)36-24(28,29)30/h4-8,11-12H,9-10,25-30H2,1-3H3,(H,36,40)(H,33,34,35)/t11-,12+,22?. The van der Waals surface area contributed by atoms with Gasteiger partial charge in [0, 0.05) is 31.2 Å². The van der Waals surface area contributed by atoms with Crippen molar-refractivity contribution in [2.24, 2.45) is 18.9 Å². The van der Waals surface area contributed by atoms with Crippen LogP contribution in [0.2, 0.25) is 5.02 Å². The predicted octanol–water partition coefficient (Wildman–Crippen LogP) is -2.96. The van der Waals surface area contributed by atoms with Gasteiger partial charge >= 0.3 is 0 Å². The monoisotopic (exact) mass is 574 g/mol. The highest BCUT2D eigenvalue weighted by atomic mass is 35.5. The molecule has 41 heavy (non-hydrogen) atoms. The number of piperidine rings is 1. The molecule has 0 saturated carbocycles. The summed E-state index contributed by atoms with van der Waals surface area (Å²) >= 11 is 6.46. The van der Waals surface area contributed by atoms with Crippen molar-refractivity contribution >= 4 is 92.9 Å². The summed E-state index contributed by atoms with van der Waals surface area (Å²) in [6.07, 6.45) is 1.53. The molecule has 1 aromatic carbocycles. The van der Waals surface area contributed by atoms with E-state index < -0.39 is 16.2 Å². The number of anilines is 3. The topological polar surface area (TPSA) is 101 Å². The molecule has 9 nitrogen and oxygen atoms in total. The zero-order valence-electron chi connectivity index (χ0n) is 25.2. The van der Waals surface area contributed by atoms with Gasteiger partial charge in [-0.15, -0.1) is 0 Å².